The summed E-state index contributed by atoms with van der Waals surface area (Å²) in [6, 6.07) is 6.57. The lowest BCUT2D eigenvalue weighted by Crippen LogP contribution is -2.10. The number of pyridine rings is 1. The Morgan fingerprint density at radius 2 is 2.17 bits per heavy atom. The molecule has 1 unspecified atom stereocenters. The van der Waals surface area contributed by atoms with E-state index in [0.29, 0.717) is 17.1 Å². The smallest absolute Gasteiger partial charge is 0.0743 e. The third kappa shape index (κ3) is 1.94. The van der Waals surface area contributed by atoms with Gasteiger partial charge in [0.2, 0.25) is 0 Å². The molecule has 0 radical (unpaired) electrons. The van der Waals surface area contributed by atoms with Crippen LogP contribution >= 0.6 is 15.9 Å². The summed E-state index contributed by atoms with van der Waals surface area (Å²) >= 11 is 3.50. The van der Waals surface area contributed by atoms with Gasteiger partial charge in [-0.05, 0) is 30.0 Å². The molecule has 1 heterocycles. The van der Waals surface area contributed by atoms with Gasteiger partial charge < -0.3 is 11.1 Å². The third-order valence-electron chi connectivity index (χ3n) is 3.69. The lowest BCUT2D eigenvalue weighted by atomic mass is 10.1. The lowest BCUT2D eigenvalue weighted by molar-refractivity contribution is 0.631. The van der Waals surface area contributed by atoms with Gasteiger partial charge in [-0.15, -0.1) is 0 Å². The number of benzene rings is 1. The number of nitrogens with zero attached hydrogens (tertiary/aromatic N) is 1. The van der Waals surface area contributed by atoms with E-state index < -0.39 is 0 Å². The quantitative estimate of drug-likeness (QED) is 0.887. The van der Waals surface area contributed by atoms with Gasteiger partial charge in [-0.1, -0.05) is 29.8 Å². The minimum atomic E-state index is 0.369. The minimum absolute atomic E-state index is 0.369. The van der Waals surface area contributed by atoms with Crippen LogP contribution in [0.5, 0.6) is 0 Å². The third-order valence-corrected chi connectivity index (χ3v) is 4.18. The number of aromatic nitrogens is 1. The summed E-state index contributed by atoms with van der Waals surface area (Å²) in [5.74, 6) is 0. The molecule has 94 valence electrons. The van der Waals surface area contributed by atoms with Crippen LogP contribution in [0.25, 0.3) is 10.9 Å². The number of fused-ring (bicyclic) bond motifs is 1. The molecule has 3 rings (SSSR count). The van der Waals surface area contributed by atoms with Crippen molar-refractivity contribution in [3.05, 3.63) is 28.9 Å². The fraction of sp³-hybridized carbons (Fsp3) is 0.357. The first-order valence-electron chi connectivity index (χ1n) is 6.08. The van der Waals surface area contributed by atoms with Crippen molar-refractivity contribution in [2.45, 2.75) is 26.3 Å². The van der Waals surface area contributed by atoms with Crippen LogP contribution in [0.2, 0.25) is 0 Å². The molecule has 1 aliphatic rings. The van der Waals surface area contributed by atoms with Gasteiger partial charge in [0.15, 0.2) is 0 Å². The van der Waals surface area contributed by atoms with Gasteiger partial charge in [0.1, 0.15) is 0 Å². The first-order valence-corrected chi connectivity index (χ1v) is 6.87. The zero-order valence-electron chi connectivity index (χ0n) is 10.5. The molecular weight excluding hydrogens is 290 g/mol. The van der Waals surface area contributed by atoms with Crippen LogP contribution in [-0.4, -0.2) is 11.0 Å². The molecule has 1 aliphatic carbocycles. The molecule has 0 aliphatic heterocycles. The Kier molecular flexibility index (Phi) is 2.52. The molecule has 0 spiro atoms. The SMILES string of the molecule is CC1(C)CC1Nc1c(N)cnc2ccc(Br)cc12. The molecule has 0 amide bonds. The molecule has 18 heavy (non-hydrogen) atoms. The van der Waals surface area contributed by atoms with E-state index in [4.69, 9.17) is 5.73 Å². The van der Waals surface area contributed by atoms with Crippen LogP contribution in [0.15, 0.2) is 28.9 Å². The first-order chi connectivity index (χ1) is 8.47. The summed E-state index contributed by atoms with van der Waals surface area (Å²) in [6.07, 6.45) is 2.91. The highest BCUT2D eigenvalue weighted by molar-refractivity contribution is 9.10. The van der Waals surface area contributed by atoms with E-state index >= 15 is 0 Å². The second-order valence-corrected chi connectivity index (χ2v) is 6.56. The maximum absolute atomic E-state index is 6.06. The summed E-state index contributed by atoms with van der Waals surface area (Å²) in [6.45, 7) is 4.53. The minimum Gasteiger partial charge on any atom is -0.396 e. The maximum atomic E-state index is 6.06. The van der Waals surface area contributed by atoms with Crippen LogP contribution in [0.4, 0.5) is 11.4 Å². The van der Waals surface area contributed by atoms with E-state index in [2.05, 4.69) is 46.1 Å². The first kappa shape index (κ1) is 11.8. The second-order valence-electron chi connectivity index (χ2n) is 5.64. The highest BCUT2D eigenvalue weighted by Crippen LogP contribution is 2.47. The number of nitrogen functional groups attached to an aromatic ring is 1. The lowest BCUT2D eigenvalue weighted by Gasteiger charge is -2.13. The molecule has 1 saturated carbocycles. The van der Waals surface area contributed by atoms with Crippen molar-refractivity contribution in [2.75, 3.05) is 11.1 Å². The van der Waals surface area contributed by atoms with Gasteiger partial charge in [-0.25, -0.2) is 0 Å². The zero-order chi connectivity index (χ0) is 12.9. The topological polar surface area (TPSA) is 50.9 Å². The molecule has 0 saturated heterocycles. The van der Waals surface area contributed by atoms with Crippen molar-refractivity contribution in [1.29, 1.82) is 0 Å². The largest absolute Gasteiger partial charge is 0.396 e. The van der Waals surface area contributed by atoms with E-state index in [1.165, 1.54) is 6.42 Å². The number of nitrogens with two attached hydrogens (primary N) is 1. The van der Waals surface area contributed by atoms with Crippen molar-refractivity contribution in [1.82, 2.24) is 4.98 Å². The van der Waals surface area contributed by atoms with Crippen LogP contribution in [-0.2, 0) is 0 Å². The zero-order valence-corrected chi connectivity index (χ0v) is 12.1. The Hall–Kier alpha value is -1.29. The average molecular weight is 306 g/mol. The van der Waals surface area contributed by atoms with E-state index in [1.807, 2.05) is 12.1 Å². The molecular formula is C14H16BrN3. The molecule has 0 bridgehead atoms. The fourth-order valence-electron chi connectivity index (χ4n) is 2.23. The van der Waals surface area contributed by atoms with Crippen LogP contribution in [0.1, 0.15) is 20.3 Å². The van der Waals surface area contributed by atoms with Gasteiger partial charge in [-0.3, -0.25) is 4.98 Å². The second kappa shape index (κ2) is 3.85. The molecule has 1 atom stereocenters. The predicted molar refractivity (Wildman–Crippen MR) is 79.7 cm³/mol. The summed E-state index contributed by atoms with van der Waals surface area (Å²) in [4.78, 5) is 4.36. The summed E-state index contributed by atoms with van der Waals surface area (Å²) in [5, 5.41) is 4.63. The highest BCUT2D eigenvalue weighted by atomic mass is 79.9. The molecule has 4 heteroatoms. The molecule has 1 aromatic heterocycles. The number of nitrogens with one attached hydrogen (secondary N) is 1. The summed E-state index contributed by atoms with van der Waals surface area (Å²) < 4.78 is 1.04. The van der Waals surface area contributed by atoms with Gasteiger partial charge in [-0.2, -0.15) is 0 Å². The van der Waals surface area contributed by atoms with Gasteiger partial charge in [0.05, 0.1) is 23.1 Å². The van der Waals surface area contributed by atoms with E-state index in [1.54, 1.807) is 6.20 Å². The van der Waals surface area contributed by atoms with Crippen molar-refractivity contribution in [3.63, 3.8) is 0 Å². The normalized spacial score (nSPS) is 20.9. The van der Waals surface area contributed by atoms with Gasteiger partial charge in [0, 0.05) is 15.9 Å². The molecule has 3 N–H and O–H groups in total. The molecule has 1 fully saturated rings. The molecule has 2 aromatic rings. The van der Waals surface area contributed by atoms with Crippen LogP contribution < -0.4 is 11.1 Å². The number of hydrogen-bond donors (Lipinski definition) is 2. The Morgan fingerprint density at radius 3 is 2.83 bits per heavy atom. The van der Waals surface area contributed by atoms with Crippen molar-refractivity contribution >= 4 is 38.2 Å². The number of hydrogen-bond acceptors (Lipinski definition) is 3. The van der Waals surface area contributed by atoms with E-state index in [-0.39, 0.29) is 0 Å². The van der Waals surface area contributed by atoms with Gasteiger partial charge >= 0.3 is 0 Å². The standard InChI is InChI=1S/C14H16BrN3/c1-14(2)6-12(14)18-13-9-5-8(15)3-4-11(9)17-7-10(13)16/h3-5,7,12H,6,16H2,1-2H3,(H,17,18). The predicted octanol–water partition coefficient (Wildman–Crippen LogP) is 3.79. The Morgan fingerprint density at radius 1 is 1.44 bits per heavy atom. The van der Waals surface area contributed by atoms with Crippen molar-refractivity contribution < 1.29 is 0 Å². The van der Waals surface area contributed by atoms with Gasteiger partial charge in [0.25, 0.3) is 0 Å². The molecule has 3 nitrogen and oxygen atoms in total. The van der Waals surface area contributed by atoms with Crippen LogP contribution in [0, 0.1) is 5.41 Å². The average Bonchev–Trinajstić information content (AvgIpc) is 2.90. The number of anilines is 2. The Balaban J connectivity index is 2.08. The Labute approximate surface area is 115 Å². The Bertz CT molecular complexity index is 616. The van der Waals surface area contributed by atoms with Crippen molar-refractivity contribution in [3.8, 4) is 0 Å². The number of halogens is 1. The number of rotatable bonds is 2. The van der Waals surface area contributed by atoms with E-state index in [9.17, 15) is 0 Å². The summed E-state index contributed by atoms with van der Waals surface area (Å²) in [7, 11) is 0. The maximum Gasteiger partial charge on any atom is 0.0743 e. The summed E-state index contributed by atoms with van der Waals surface area (Å²) in [5.41, 5.74) is 9.12. The van der Waals surface area contributed by atoms with Crippen LogP contribution in [0.3, 0.4) is 0 Å². The monoisotopic (exact) mass is 305 g/mol. The van der Waals surface area contributed by atoms with E-state index in [0.717, 1.165) is 21.1 Å². The highest BCUT2D eigenvalue weighted by Gasteiger charge is 2.45. The molecule has 1 aromatic carbocycles. The van der Waals surface area contributed by atoms with Crippen molar-refractivity contribution in [2.24, 2.45) is 5.41 Å². The fourth-order valence-corrected chi connectivity index (χ4v) is 2.59.